The van der Waals surface area contributed by atoms with E-state index < -0.39 is 0 Å². The molecule has 0 spiro atoms. The largest absolute Gasteiger partial charge is 1.00 e. The van der Waals surface area contributed by atoms with Gasteiger partial charge in [-0.1, -0.05) is 0 Å². The van der Waals surface area contributed by atoms with Crippen molar-refractivity contribution < 1.29 is 129 Å². The summed E-state index contributed by atoms with van der Waals surface area (Å²) < 4.78 is 0. The van der Waals surface area contributed by atoms with Crippen molar-refractivity contribution >= 4 is 0 Å². The first kappa shape index (κ1) is 36.2. The molecule has 0 aromatic rings. The van der Waals surface area contributed by atoms with Crippen LogP contribution in [0.25, 0.3) is 0 Å². The van der Waals surface area contributed by atoms with Crippen molar-refractivity contribution in [3.8, 4) is 0 Å². The van der Waals surface area contributed by atoms with Crippen molar-refractivity contribution in [2.45, 2.75) is 0 Å². The Balaban J connectivity index is 0. The quantitative estimate of drug-likeness (QED) is 0.280. The molecule has 1 nitrogen and oxygen atoms in total. The summed E-state index contributed by atoms with van der Waals surface area (Å²) in [5, 5.41) is 0. The Morgan fingerprint density at radius 1 is 0.600 bits per heavy atom. The van der Waals surface area contributed by atoms with Crippen LogP contribution in [0.4, 0.5) is 0 Å². The summed E-state index contributed by atoms with van der Waals surface area (Å²) in [6.07, 6.45) is 0. The number of rotatable bonds is 0. The van der Waals surface area contributed by atoms with E-state index in [1.807, 2.05) is 0 Å². The molecular weight excluding hydrogens is 108 g/mol. The molecule has 0 rings (SSSR count). The Labute approximate surface area is 126 Å². The monoisotopic (exact) mass is 114 g/mol. The third kappa shape index (κ3) is 18.0. The van der Waals surface area contributed by atoms with Gasteiger partial charge in [0.1, 0.15) is 0 Å². The molecular formula is H6Na4O. The van der Waals surface area contributed by atoms with Gasteiger partial charge in [-0.3, -0.25) is 0 Å². The molecule has 0 saturated heterocycles. The SMILES string of the molecule is O.[H-].[H-].[H-].[H-].[Na+].[Na+].[Na+].[Na+]. The van der Waals surface area contributed by atoms with E-state index in [-0.39, 0.29) is 129 Å². The Morgan fingerprint density at radius 2 is 0.600 bits per heavy atom. The van der Waals surface area contributed by atoms with E-state index >= 15 is 0 Å². The van der Waals surface area contributed by atoms with Gasteiger partial charge in [-0.25, -0.2) is 0 Å². The van der Waals surface area contributed by atoms with Crippen LogP contribution in [0.15, 0.2) is 0 Å². The molecule has 0 saturated carbocycles. The third-order valence-electron chi connectivity index (χ3n) is 0. The van der Waals surface area contributed by atoms with Crippen LogP contribution in [0.3, 0.4) is 0 Å². The van der Waals surface area contributed by atoms with Crippen molar-refractivity contribution in [3.63, 3.8) is 0 Å². The van der Waals surface area contributed by atoms with Crippen LogP contribution in [0.5, 0.6) is 0 Å². The molecule has 0 aliphatic heterocycles. The molecule has 5 heavy (non-hydrogen) atoms. The molecule has 0 unspecified atom stereocenters. The first-order valence-electron chi connectivity index (χ1n) is 0. The van der Waals surface area contributed by atoms with Crippen LogP contribution in [0, 0.1) is 0 Å². The molecule has 0 bridgehead atoms. The van der Waals surface area contributed by atoms with E-state index in [1.54, 1.807) is 0 Å². The van der Waals surface area contributed by atoms with Gasteiger partial charge in [0.25, 0.3) is 0 Å². The molecule has 0 amide bonds. The molecule has 0 aromatic carbocycles. The summed E-state index contributed by atoms with van der Waals surface area (Å²) in [6.45, 7) is 0. The average Bonchev–Trinajstić information content (AvgIpc) is 0. The minimum absolute atomic E-state index is 0. The zero-order chi connectivity index (χ0) is 0. The summed E-state index contributed by atoms with van der Waals surface area (Å²) >= 11 is 0. The van der Waals surface area contributed by atoms with Crippen molar-refractivity contribution in [3.05, 3.63) is 0 Å². The molecule has 0 heterocycles. The topological polar surface area (TPSA) is 31.5 Å². The maximum absolute atomic E-state index is 0. The van der Waals surface area contributed by atoms with Gasteiger partial charge < -0.3 is 11.2 Å². The zero-order valence-electron chi connectivity index (χ0n) is 8.50. The van der Waals surface area contributed by atoms with E-state index in [9.17, 15) is 0 Å². The third-order valence-corrected chi connectivity index (χ3v) is 0. The number of hydrogen-bond acceptors (Lipinski definition) is 0. The van der Waals surface area contributed by atoms with Crippen LogP contribution in [-0.2, 0) is 0 Å². The van der Waals surface area contributed by atoms with Crippen LogP contribution in [-0.4, -0.2) is 5.48 Å². The van der Waals surface area contributed by atoms with Crippen molar-refractivity contribution in [1.82, 2.24) is 0 Å². The van der Waals surface area contributed by atoms with Crippen molar-refractivity contribution in [2.75, 3.05) is 0 Å². The summed E-state index contributed by atoms with van der Waals surface area (Å²) in [7, 11) is 0. The van der Waals surface area contributed by atoms with Crippen LogP contribution in [0.2, 0.25) is 0 Å². The Morgan fingerprint density at radius 3 is 0.600 bits per heavy atom. The van der Waals surface area contributed by atoms with E-state index in [0.29, 0.717) is 0 Å². The van der Waals surface area contributed by atoms with E-state index in [4.69, 9.17) is 0 Å². The summed E-state index contributed by atoms with van der Waals surface area (Å²) in [5.41, 5.74) is 0. The smallest absolute Gasteiger partial charge is 1.00 e. The van der Waals surface area contributed by atoms with E-state index in [1.165, 1.54) is 0 Å². The fraction of sp³-hybridized carbons (Fsp3) is 0. The van der Waals surface area contributed by atoms with Crippen molar-refractivity contribution in [2.24, 2.45) is 0 Å². The van der Waals surface area contributed by atoms with Gasteiger partial charge in [-0.15, -0.1) is 0 Å². The molecule has 0 atom stereocenters. The second-order valence-electron chi connectivity index (χ2n) is 0. The van der Waals surface area contributed by atoms with E-state index in [2.05, 4.69) is 0 Å². The Kier molecular flexibility index (Phi) is 178. The molecule has 16 valence electrons. The van der Waals surface area contributed by atoms with Crippen LogP contribution >= 0.6 is 0 Å². The van der Waals surface area contributed by atoms with Gasteiger partial charge in [0.2, 0.25) is 0 Å². The normalized spacial score (nSPS) is 0. The molecule has 0 radical (unpaired) electrons. The Bertz CT molecular complexity index is 12.5. The first-order chi connectivity index (χ1) is 0. The van der Waals surface area contributed by atoms with Gasteiger partial charge in [-0.05, 0) is 0 Å². The molecule has 0 aromatic heterocycles. The second-order valence-corrected chi connectivity index (χ2v) is 0. The molecule has 2 N–H and O–H groups in total. The van der Waals surface area contributed by atoms with Gasteiger partial charge >= 0.3 is 118 Å². The van der Waals surface area contributed by atoms with Crippen LogP contribution in [0.1, 0.15) is 5.71 Å². The molecule has 5 heteroatoms. The predicted molar refractivity (Wildman–Crippen MR) is 8.06 cm³/mol. The fourth-order valence-corrected chi connectivity index (χ4v) is 0. The minimum atomic E-state index is 0. The van der Waals surface area contributed by atoms with Gasteiger partial charge in [-0.2, -0.15) is 0 Å². The second kappa shape index (κ2) is 24.6. The summed E-state index contributed by atoms with van der Waals surface area (Å²) in [6, 6.07) is 0. The molecule has 0 fully saturated rings. The first-order valence-corrected chi connectivity index (χ1v) is 0. The van der Waals surface area contributed by atoms with Gasteiger partial charge in [0.05, 0.1) is 0 Å². The average molecular weight is 114 g/mol. The standard InChI is InChI=1S/4Na.H2O.4H/h;;;;1H2;;;;/q4*+1;;4*-1. The van der Waals surface area contributed by atoms with E-state index in [0.717, 1.165) is 0 Å². The Hall–Kier alpha value is 3.96. The molecule has 0 aliphatic carbocycles. The van der Waals surface area contributed by atoms with Gasteiger partial charge in [0, 0.05) is 0 Å². The predicted octanol–water partition coefficient (Wildman–Crippen LogP) is -12.4. The number of hydrogen-bond donors (Lipinski definition) is 0. The fourth-order valence-electron chi connectivity index (χ4n) is 0. The maximum atomic E-state index is 0. The van der Waals surface area contributed by atoms with Crippen LogP contribution < -0.4 is 118 Å². The zero-order valence-corrected chi connectivity index (χ0v) is 12.5. The maximum Gasteiger partial charge on any atom is 1.00 e. The summed E-state index contributed by atoms with van der Waals surface area (Å²) in [4.78, 5) is 0. The summed E-state index contributed by atoms with van der Waals surface area (Å²) in [5.74, 6) is 0. The van der Waals surface area contributed by atoms with Gasteiger partial charge in [0.15, 0.2) is 0 Å². The van der Waals surface area contributed by atoms with Crippen molar-refractivity contribution in [1.29, 1.82) is 0 Å². The molecule has 0 aliphatic rings. The minimum Gasteiger partial charge on any atom is -1.00 e.